The molecule has 0 saturated heterocycles. The highest BCUT2D eigenvalue weighted by Gasteiger charge is 2.39. The molecule has 0 aliphatic heterocycles. The summed E-state index contributed by atoms with van der Waals surface area (Å²) in [6.45, 7) is 3.30. The lowest BCUT2D eigenvalue weighted by atomic mass is 9.89. The second-order valence-electron chi connectivity index (χ2n) is 6.40. The zero-order chi connectivity index (χ0) is 18.2. The van der Waals surface area contributed by atoms with Crippen LogP contribution in [0.4, 0.5) is 13.2 Å². The minimum Gasteiger partial charge on any atom is -0.361 e. The number of alkyl halides is 3. The molecule has 134 valence electrons. The van der Waals surface area contributed by atoms with Crippen molar-refractivity contribution in [2.24, 2.45) is 0 Å². The summed E-state index contributed by atoms with van der Waals surface area (Å²) in [5.41, 5.74) is 0.449. The molecule has 25 heavy (non-hydrogen) atoms. The van der Waals surface area contributed by atoms with Crippen molar-refractivity contribution in [1.29, 1.82) is 0 Å². The van der Waals surface area contributed by atoms with Crippen LogP contribution in [0.1, 0.15) is 58.1 Å². The molecule has 1 aliphatic carbocycles. The lowest BCUT2D eigenvalue weighted by Crippen LogP contribution is -2.37. The summed E-state index contributed by atoms with van der Waals surface area (Å²) >= 11 is 0. The normalized spacial score (nSPS) is 20.7. The molecule has 2 unspecified atom stereocenters. The Bertz CT molecular complexity index is 763. The summed E-state index contributed by atoms with van der Waals surface area (Å²) in [5.74, 6) is -0.305. The van der Waals surface area contributed by atoms with Gasteiger partial charge in [0, 0.05) is 12.0 Å². The average molecular weight is 352 g/mol. The van der Waals surface area contributed by atoms with E-state index in [2.05, 4.69) is 10.5 Å². The Morgan fingerprint density at radius 1 is 1.24 bits per heavy atom. The molecule has 1 fully saturated rings. The maximum absolute atomic E-state index is 13.3. The summed E-state index contributed by atoms with van der Waals surface area (Å²) < 4.78 is 44.9. The lowest BCUT2D eigenvalue weighted by molar-refractivity contribution is -0.138. The van der Waals surface area contributed by atoms with Crippen molar-refractivity contribution in [3.63, 3.8) is 0 Å². The van der Waals surface area contributed by atoms with Crippen LogP contribution in [0.25, 0.3) is 0 Å². The fourth-order valence-corrected chi connectivity index (χ4v) is 3.63. The molecule has 1 saturated carbocycles. The van der Waals surface area contributed by atoms with E-state index in [1.165, 1.54) is 12.1 Å². The lowest BCUT2D eigenvalue weighted by Gasteiger charge is -2.24. The van der Waals surface area contributed by atoms with Gasteiger partial charge in [-0.25, -0.2) is 0 Å². The number of rotatable bonds is 3. The first kappa shape index (κ1) is 17.5. The zero-order valence-electron chi connectivity index (χ0n) is 14.0. The van der Waals surface area contributed by atoms with Crippen molar-refractivity contribution in [1.82, 2.24) is 10.5 Å². The molecule has 1 aromatic carbocycles. The fraction of sp³-hybridized carbons (Fsp3) is 0.444. The van der Waals surface area contributed by atoms with E-state index >= 15 is 0 Å². The highest BCUT2D eigenvalue weighted by atomic mass is 19.4. The monoisotopic (exact) mass is 352 g/mol. The van der Waals surface area contributed by atoms with Crippen LogP contribution in [0, 0.1) is 13.8 Å². The SMILES string of the molecule is Cc1noc(C)c1C(=O)NC1CCCC1c1ccccc1C(F)(F)F. The predicted octanol–water partition coefficient (Wildman–Crippen LogP) is 4.38. The Hall–Kier alpha value is -2.31. The van der Waals surface area contributed by atoms with E-state index in [1.807, 2.05) is 0 Å². The Morgan fingerprint density at radius 3 is 2.60 bits per heavy atom. The van der Waals surface area contributed by atoms with Gasteiger partial charge in [0.15, 0.2) is 0 Å². The number of nitrogens with zero attached hydrogens (tertiary/aromatic N) is 1. The maximum atomic E-state index is 13.3. The van der Waals surface area contributed by atoms with Gasteiger partial charge in [-0.1, -0.05) is 29.8 Å². The molecule has 3 rings (SSSR count). The van der Waals surface area contributed by atoms with Crippen LogP contribution in [-0.4, -0.2) is 17.1 Å². The summed E-state index contributed by atoms with van der Waals surface area (Å²) in [6.07, 6.45) is -2.38. The molecule has 2 aromatic rings. The Morgan fingerprint density at radius 2 is 1.96 bits per heavy atom. The van der Waals surface area contributed by atoms with Crippen LogP contribution in [0.3, 0.4) is 0 Å². The average Bonchev–Trinajstić information content (AvgIpc) is 3.13. The number of hydrogen-bond acceptors (Lipinski definition) is 3. The van der Waals surface area contributed by atoms with Gasteiger partial charge < -0.3 is 9.84 Å². The second kappa shape index (κ2) is 6.54. The number of carbonyl (C=O) groups excluding carboxylic acids is 1. The Kier molecular flexibility index (Phi) is 4.58. The summed E-state index contributed by atoms with van der Waals surface area (Å²) in [4.78, 5) is 12.5. The van der Waals surface area contributed by atoms with E-state index < -0.39 is 11.7 Å². The molecule has 0 spiro atoms. The molecule has 1 N–H and O–H groups in total. The molecule has 2 atom stereocenters. The van der Waals surface area contributed by atoms with Crippen molar-refractivity contribution in [2.45, 2.75) is 51.2 Å². The number of carbonyl (C=O) groups is 1. The van der Waals surface area contributed by atoms with Gasteiger partial charge in [-0.05, 0) is 38.3 Å². The first-order valence-corrected chi connectivity index (χ1v) is 8.19. The topological polar surface area (TPSA) is 55.1 Å². The van der Waals surface area contributed by atoms with E-state index in [4.69, 9.17) is 4.52 Å². The number of aryl methyl sites for hydroxylation is 2. The molecular formula is C18H19F3N2O2. The van der Waals surface area contributed by atoms with Gasteiger partial charge in [0.25, 0.3) is 5.91 Å². The molecule has 1 aromatic heterocycles. The molecular weight excluding hydrogens is 333 g/mol. The van der Waals surface area contributed by atoms with Crippen molar-refractivity contribution < 1.29 is 22.5 Å². The van der Waals surface area contributed by atoms with E-state index in [0.29, 0.717) is 29.9 Å². The van der Waals surface area contributed by atoms with Gasteiger partial charge in [0.05, 0.1) is 11.3 Å². The van der Waals surface area contributed by atoms with Crippen LogP contribution >= 0.6 is 0 Å². The van der Waals surface area contributed by atoms with Gasteiger partial charge >= 0.3 is 6.18 Å². The molecule has 1 heterocycles. The molecule has 0 radical (unpaired) electrons. The van der Waals surface area contributed by atoms with Crippen molar-refractivity contribution in [3.05, 3.63) is 52.4 Å². The van der Waals surface area contributed by atoms with Crippen LogP contribution in [0.5, 0.6) is 0 Å². The van der Waals surface area contributed by atoms with Gasteiger partial charge in [-0.2, -0.15) is 13.2 Å². The molecule has 7 heteroatoms. The van der Waals surface area contributed by atoms with Gasteiger partial charge in [-0.15, -0.1) is 0 Å². The third-order valence-electron chi connectivity index (χ3n) is 4.76. The van der Waals surface area contributed by atoms with Crippen molar-refractivity contribution in [2.75, 3.05) is 0 Å². The molecule has 4 nitrogen and oxygen atoms in total. The first-order chi connectivity index (χ1) is 11.8. The smallest absolute Gasteiger partial charge is 0.361 e. The highest BCUT2D eigenvalue weighted by molar-refractivity contribution is 5.96. The van der Waals surface area contributed by atoms with Crippen LogP contribution in [0.15, 0.2) is 28.8 Å². The Labute approximate surface area is 143 Å². The Balaban J connectivity index is 1.86. The molecule has 1 amide bonds. The molecule has 1 aliphatic rings. The van der Waals surface area contributed by atoms with Gasteiger partial charge in [0.2, 0.25) is 0 Å². The van der Waals surface area contributed by atoms with Crippen LogP contribution in [0.2, 0.25) is 0 Å². The zero-order valence-corrected chi connectivity index (χ0v) is 14.0. The summed E-state index contributed by atoms with van der Waals surface area (Å²) in [7, 11) is 0. The number of nitrogens with one attached hydrogen (secondary N) is 1. The van der Waals surface area contributed by atoms with Crippen LogP contribution in [-0.2, 0) is 6.18 Å². The summed E-state index contributed by atoms with van der Waals surface area (Å²) in [5, 5.41) is 6.63. The molecule has 0 bridgehead atoms. The van der Waals surface area contributed by atoms with E-state index in [0.717, 1.165) is 12.5 Å². The van der Waals surface area contributed by atoms with Crippen molar-refractivity contribution >= 4 is 5.91 Å². The minimum atomic E-state index is -4.41. The van der Waals surface area contributed by atoms with E-state index in [1.54, 1.807) is 19.9 Å². The number of halogens is 3. The van der Waals surface area contributed by atoms with Gasteiger partial charge in [0.1, 0.15) is 11.3 Å². The third kappa shape index (κ3) is 3.41. The predicted molar refractivity (Wildman–Crippen MR) is 85.3 cm³/mol. The largest absolute Gasteiger partial charge is 0.416 e. The standard InChI is InChI=1S/C18H19F3N2O2/c1-10-16(11(2)25-23-10)17(24)22-15-9-5-7-13(15)12-6-3-4-8-14(12)18(19,20)21/h3-4,6,8,13,15H,5,7,9H2,1-2H3,(H,22,24). The van der Waals surface area contributed by atoms with Gasteiger partial charge in [-0.3, -0.25) is 4.79 Å². The number of aromatic nitrogens is 1. The highest BCUT2D eigenvalue weighted by Crippen LogP contribution is 2.41. The second-order valence-corrected chi connectivity index (χ2v) is 6.40. The van der Waals surface area contributed by atoms with E-state index in [-0.39, 0.29) is 23.4 Å². The quantitative estimate of drug-likeness (QED) is 0.892. The third-order valence-corrected chi connectivity index (χ3v) is 4.76. The number of amides is 1. The van der Waals surface area contributed by atoms with Crippen molar-refractivity contribution in [3.8, 4) is 0 Å². The minimum absolute atomic E-state index is 0.247. The fourth-order valence-electron chi connectivity index (χ4n) is 3.63. The number of hydrogen-bond donors (Lipinski definition) is 1. The summed E-state index contributed by atoms with van der Waals surface area (Å²) in [6, 6.07) is 5.26. The number of benzene rings is 1. The first-order valence-electron chi connectivity index (χ1n) is 8.19. The maximum Gasteiger partial charge on any atom is 0.416 e. The van der Waals surface area contributed by atoms with Crippen LogP contribution < -0.4 is 5.32 Å². The van der Waals surface area contributed by atoms with E-state index in [9.17, 15) is 18.0 Å².